The standard InChI is InChI=1S/C44H84N2O14Si10.C39H38N2O11.4C2H6/c1-23-24-31-61(3,4)52-63(7,8)54-65(11,12)56-67(15,16)58-69(19,20)60-70(21,22)59-68(17,18)57-66(13,14)55-64(9,10)53-62(5,6)32-25-30-46-43(49)38-29-27-36(34-40(38)44(46)50)51-35-26-28-37-39(33-35)42(48)45(2)41(37)47;1-21-5-6-22(13-33(21)50-19-24(44)17-42)39(2,3)23-7-12-32(34(14-23)51-20-25(45)18-43)41-37(48)29-11-9-27(16-31(29)38(41)49)52-26-8-10-28-30(15-26)36(47)40(4)35(28)46;4*1-2/h26-29,33-34H,23-25,30-32H2,1-22H3;5-16,24-25,42-45H,17-20H2,1-4H3;4*1-2H3. The van der Waals surface area contributed by atoms with Gasteiger partial charge in [-0.05, 0) is 264 Å². The molecule has 0 aliphatic carbocycles. The van der Waals surface area contributed by atoms with Crippen LogP contribution < -0.4 is 23.8 Å². The largest absolute Gasteiger partial charge is 0.491 e. The molecule has 0 aromatic heterocycles. The summed E-state index contributed by atoms with van der Waals surface area (Å²) in [4.78, 5) is 109. The Morgan fingerprint density at radius 2 is 0.623 bits per heavy atom. The van der Waals surface area contributed by atoms with Crippen molar-refractivity contribution < 1.29 is 115 Å². The molecule has 130 heavy (non-hydrogen) atoms. The summed E-state index contributed by atoms with van der Waals surface area (Å²) in [5.74, 6) is -1.87. The lowest BCUT2D eigenvalue weighted by Crippen LogP contribution is -2.62. The van der Waals surface area contributed by atoms with E-state index in [1.165, 1.54) is 67.9 Å². The molecule has 39 heteroatoms. The lowest BCUT2D eigenvalue weighted by atomic mass is 9.77. The summed E-state index contributed by atoms with van der Waals surface area (Å²) in [5, 5.41) is 38.5. The van der Waals surface area contributed by atoms with Crippen LogP contribution >= 0.6 is 0 Å². The maximum absolute atomic E-state index is 13.9. The van der Waals surface area contributed by atoms with Gasteiger partial charge >= 0.3 is 68.5 Å². The third-order valence-corrected chi connectivity index (χ3v) is 59.3. The Morgan fingerprint density at radius 3 is 0.977 bits per heavy atom. The fourth-order valence-corrected chi connectivity index (χ4v) is 67.3. The third-order valence-electron chi connectivity index (χ3n) is 20.3. The van der Waals surface area contributed by atoms with E-state index < -0.39 is 151 Å². The highest BCUT2D eigenvalue weighted by molar-refractivity contribution is 6.93. The fourth-order valence-electron chi connectivity index (χ4n) is 16.1. The number of benzene rings is 6. The molecular formula is C91H146N4O25Si10. The maximum Gasteiger partial charge on any atom is 0.314 e. The first kappa shape index (κ1) is 113. The zero-order chi connectivity index (χ0) is 99.0. The Balaban J connectivity index is 0.000000442. The lowest BCUT2D eigenvalue weighted by Gasteiger charge is -2.44. The first-order valence-electron chi connectivity index (χ1n) is 45.0. The number of hydrogen-bond acceptors (Lipinski definition) is 25. The van der Waals surface area contributed by atoms with Crippen LogP contribution in [0.4, 0.5) is 5.69 Å². The van der Waals surface area contributed by atoms with Gasteiger partial charge in [-0.3, -0.25) is 53.1 Å². The molecule has 8 amide bonds. The van der Waals surface area contributed by atoms with Gasteiger partial charge < -0.3 is 76.4 Å². The van der Waals surface area contributed by atoms with Gasteiger partial charge in [0.05, 0.1) is 63.4 Å². The number of ether oxygens (including phenoxy) is 4. The summed E-state index contributed by atoms with van der Waals surface area (Å²) >= 11 is 0. The van der Waals surface area contributed by atoms with Crippen molar-refractivity contribution in [2.45, 2.75) is 263 Å². The number of carbonyl (C=O) groups is 8. The molecule has 2 unspecified atom stereocenters. The Kier molecular flexibility index (Phi) is 40.3. The minimum atomic E-state index is -2.82. The zero-order valence-corrected chi connectivity index (χ0v) is 93.3. The average Bonchev–Trinajstić information content (AvgIpc) is 1.53. The van der Waals surface area contributed by atoms with Gasteiger partial charge in [-0.15, -0.1) is 0 Å². The number of imide groups is 4. The van der Waals surface area contributed by atoms with Gasteiger partial charge in [-0.25, -0.2) is 4.90 Å². The van der Waals surface area contributed by atoms with E-state index in [0.29, 0.717) is 40.8 Å². The van der Waals surface area contributed by atoms with Crippen molar-refractivity contribution in [1.29, 1.82) is 0 Å². The quantitative estimate of drug-likeness (QED) is 0.0205. The number of aryl methyl sites for hydroxylation is 1. The number of fused-ring (bicyclic) bond motifs is 4. The molecule has 0 saturated carbocycles. The van der Waals surface area contributed by atoms with Gasteiger partial charge in [0.25, 0.3) is 47.3 Å². The van der Waals surface area contributed by atoms with Crippen molar-refractivity contribution in [3.8, 4) is 34.5 Å². The average molecular weight is 1980 g/mol. The highest BCUT2D eigenvalue weighted by Gasteiger charge is 2.52. The fraction of sp³-hybridized carbons (Fsp3) is 0.516. The number of carbonyl (C=O) groups excluding carboxylic acids is 8. The normalized spacial score (nSPS) is 14.8. The molecule has 0 spiro atoms. The van der Waals surface area contributed by atoms with Crippen molar-refractivity contribution in [3.63, 3.8) is 0 Å². The molecule has 0 radical (unpaired) electrons. The van der Waals surface area contributed by atoms with E-state index in [0.717, 1.165) is 43.9 Å². The highest BCUT2D eigenvalue weighted by atomic mass is 28.5. The van der Waals surface area contributed by atoms with Gasteiger partial charge in [-0.2, -0.15) is 0 Å². The molecule has 4 aliphatic heterocycles. The molecule has 29 nitrogen and oxygen atoms in total. The summed E-state index contributed by atoms with van der Waals surface area (Å²) in [5.41, 5.74) is 3.58. The van der Waals surface area contributed by atoms with Gasteiger partial charge in [-0.1, -0.05) is 107 Å². The lowest BCUT2D eigenvalue weighted by molar-refractivity contribution is 0.0533. The summed E-state index contributed by atoms with van der Waals surface area (Å²) in [6, 6.07) is 30.7. The monoisotopic (exact) mass is 1970 g/mol. The molecule has 0 saturated heterocycles. The van der Waals surface area contributed by atoms with Crippen LogP contribution in [0.25, 0.3) is 0 Å². The van der Waals surface area contributed by atoms with Crippen molar-refractivity contribution in [1.82, 2.24) is 14.7 Å². The first-order chi connectivity index (χ1) is 60.2. The number of aliphatic hydroxyl groups is 4. The van der Waals surface area contributed by atoms with E-state index in [2.05, 4.69) is 85.5 Å². The van der Waals surface area contributed by atoms with Gasteiger partial charge in [0.1, 0.15) is 59.9 Å². The highest BCUT2D eigenvalue weighted by Crippen LogP contribution is 2.44. The van der Waals surface area contributed by atoms with Crippen LogP contribution in [0, 0.1) is 6.92 Å². The van der Waals surface area contributed by atoms with Crippen LogP contribution in [0.15, 0.2) is 109 Å². The maximum atomic E-state index is 13.9. The topological polar surface area (TPSA) is 350 Å². The summed E-state index contributed by atoms with van der Waals surface area (Å²) < 4.78 is 85.1. The van der Waals surface area contributed by atoms with Crippen LogP contribution in [0.3, 0.4) is 0 Å². The smallest absolute Gasteiger partial charge is 0.314 e. The van der Waals surface area contributed by atoms with Crippen molar-refractivity contribution >= 4 is 138 Å². The number of anilines is 1. The van der Waals surface area contributed by atoms with Crippen LogP contribution in [0.2, 0.25) is 143 Å². The van der Waals surface area contributed by atoms with Crippen LogP contribution in [-0.2, 0) is 42.5 Å². The van der Waals surface area contributed by atoms with Crippen molar-refractivity contribution in [2.75, 3.05) is 52.0 Å². The summed E-state index contributed by atoms with van der Waals surface area (Å²) in [6.07, 6.45) is 0.620. The minimum absolute atomic E-state index is 0.0684. The van der Waals surface area contributed by atoms with E-state index in [-0.39, 0.29) is 87.9 Å². The van der Waals surface area contributed by atoms with E-state index in [1.807, 2.05) is 147 Å². The Hall–Kier alpha value is -7.27. The molecule has 4 N–H and O–H groups in total. The molecule has 6 aromatic carbocycles. The molecule has 4 aliphatic rings. The second kappa shape index (κ2) is 46.3. The molecule has 2 atom stereocenters. The van der Waals surface area contributed by atoms with Crippen LogP contribution in [0.1, 0.15) is 195 Å². The van der Waals surface area contributed by atoms with Crippen molar-refractivity contribution in [3.05, 3.63) is 170 Å². The second-order valence-electron chi connectivity index (χ2n) is 36.5. The predicted molar refractivity (Wildman–Crippen MR) is 531 cm³/mol. The zero-order valence-electron chi connectivity index (χ0n) is 83.3. The first-order valence-corrected chi connectivity index (χ1v) is 73.7. The Labute approximate surface area is 782 Å². The van der Waals surface area contributed by atoms with Gasteiger partial charge in [0.15, 0.2) is 16.6 Å². The SMILES string of the molecule is CC.CC.CC.CC.CCCC[Si](C)(C)O[Si](C)(C)O[Si](C)(C)O[Si](C)(C)O[Si](C)(C)O[Si](C)(C)O[Si](C)(C)O[Si](C)(C)O[Si](C)(C)O[Si](C)(C)CCCN1C(=O)c2ccc(Oc3ccc4c(c3)C(=O)N(C)C4=O)cc2C1=O.Cc1ccc(C(C)(C)c2ccc(N3C(=O)c4ccc(Oc5ccc6c(c5)C(=O)N(C)C6=O)cc4C3=O)c(OCC(O)CO)c2)cc1OCC(O)CO. The van der Waals surface area contributed by atoms with E-state index in [4.69, 9.17) is 56.0 Å². The molecule has 10 rings (SSSR count). The molecular weight excluding hydrogens is 1830 g/mol. The van der Waals surface area contributed by atoms with E-state index in [9.17, 15) is 58.8 Å². The number of aliphatic hydroxyl groups excluding tert-OH is 4. The van der Waals surface area contributed by atoms with Gasteiger partial charge in [0, 0.05) is 26.1 Å². The summed E-state index contributed by atoms with van der Waals surface area (Å²) in [7, 11) is -23.2. The van der Waals surface area contributed by atoms with Gasteiger partial charge in [0.2, 0.25) is 0 Å². The number of amides is 8. The Morgan fingerprint density at radius 1 is 0.346 bits per heavy atom. The Bertz CT molecular complexity index is 4990. The van der Waals surface area contributed by atoms with E-state index in [1.54, 1.807) is 48.5 Å². The molecule has 4 heterocycles. The number of unbranched alkanes of at least 4 members (excludes halogenated alkanes) is 1. The second-order valence-corrected chi connectivity index (χ2v) is 74.3. The molecule has 720 valence electrons. The summed E-state index contributed by atoms with van der Waals surface area (Å²) in [6.45, 7) is 64.6. The van der Waals surface area contributed by atoms with Crippen LogP contribution in [0.5, 0.6) is 34.5 Å². The van der Waals surface area contributed by atoms with Crippen molar-refractivity contribution in [2.24, 2.45) is 0 Å². The van der Waals surface area contributed by atoms with E-state index >= 15 is 0 Å². The number of nitrogens with zero attached hydrogens (tertiary/aromatic N) is 4. The minimum Gasteiger partial charge on any atom is -0.491 e. The molecule has 0 bridgehead atoms. The molecule has 0 fully saturated rings. The van der Waals surface area contributed by atoms with Crippen LogP contribution in [-0.4, -0.2) is 227 Å². The number of rotatable bonds is 40. The predicted octanol–water partition coefficient (Wildman–Crippen LogP) is 19.4. The number of hydrogen-bond donors (Lipinski definition) is 4. The molecule has 6 aromatic rings. The third kappa shape index (κ3) is 30.4.